The summed E-state index contributed by atoms with van der Waals surface area (Å²) in [6.45, 7) is 7.37. The lowest BCUT2D eigenvalue weighted by atomic mass is 9.65. The largest absolute Gasteiger partial charge is 0.454 e. The molecule has 1 N–H and O–H groups in total. The summed E-state index contributed by atoms with van der Waals surface area (Å²) in [5, 5.41) is 9.22. The molecular formula is C8H17BO2. The summed E-state index contributed by atoms with van der Waals surface area (Å²) in [6.07, 6.45) is 1.88. The Labute approximate surface area is 69.1 Å². The van der Waals surface area contributed by atoms with Crippen molar-refractivity contribution in [2.24, 2.45) is 11.3 Å². The van der Waals surface area contributed by atoms with Crippen molar-refractivity contribution in [1.29, 1.82) is 0 Å². The highest BCUT2D eigenvalue weighted by molar-refractivity contribution is 6.43. The average Bonchev–Trinajstić information content (AvgIpc) is 1.86. The van der Waals surface area contributed by atoms with Gasteiger partial charge in [-0.2, -0.15) is 0 Å². The molecule has 1 unspecified atom stereocenters. The van der Waals surface area contributed by atoms with Crippen molar-refractivity contribution in [3.63, 3.8) is 0 Å². The molecule has 0 spiro atoms. The van der Waals surface area contributed by atoms with Gasteiger partial charge in [-0.3, -0.25) is 0 Å². The molecule has 0 aromatic rings. The van der Waals surface area contributed by atoms with Gasteiger partial charge in [0.25, 0.3) is 0 Å². The van der Waals surface area contributed by atoms with Crippen LogP contribution in [0.2, 0.25) is 6.32 Å². The van der Waals surface area contributed by atoms with Crippen LogP contribution < -0.4 is 0 Å². The Kier molecular flexibility index (Phi) is 2.60. The van der Waals surface area contributed by atoms with Crippen LogP contribution >= 0.6 is 0 Å². The molecule has 2 nitrogen and oxygen atoms in total. The van der Waals surface area contributed by atoms with E-state index >= 15 is 0 Å². The van der Waals surface area contributed by atoms with Crippen LogP contribution in [0.3, 0.4) is 0 Å². The molecule has 0 amide bonds. The van der Waals surface area contributed by atoms with Gasteiger partial charge in [-0.05, 0) is 24.1 Å². The van der Waals surface area contributed by atoms with E-state index in [2.05, 4.69) is 20.8 Å². The third-order valence-corrected chi connectivity index (χ3v) is 2.49. The Bertz CT molecular complexity index is 131. The van der Waals surface area contributed by atoms with Crippen molar-refractivity contribution < 1.29 is 9.68 Å². The maximum atomic E-state index is 9.22. The SMILES string of the molecule is CC(C)(C)C1CCOB(O)C1. The first kappa shape index (κ1) is 9.08. The second kappa shape index (κ2) is 3.15. The molecule has 0 radical (unpaired) electrons. The molecule has 1 atom stereocenters. The van der Waals surface area contributed by atoms with Gasteiger partial charge in [-0.15, -0.1) is 0 Å². The van der Waals surface area contributed by atoms with Gasteiger partial charge in [0.2, 0.25) is 0 Å². The summed E-state index contributed by atoms with van der Waals surface area (Å²) in [6, 6.07) is 0. The van der Waals surface area contributed by atoms with Gasteiger partial charge < -0.3 is 9.68 Å². The molecule has 64 valence electrons. The van der Waals surface area contributed by atoms with Gasteiger partial charge in [-0.1, -0.05) is 20.8 Å². The summed E-state index contributed by atoms with van der Waals surface area (Å²) < 4.78 is 5.06. The molecule has 0 aromatic heterocycles. The third-order valence-electron chi connectivity index (χ3n) is 2.49. The zero-order chi connectivity index (χ0) is 8.48. The number of hydrogen-bond acceptors (Lipinski definition) is 2. The summed E-state index contributed by atoms with van der Waals surface area (Å²) in [5.74, 6) is 0.603. The fourth-order valence-corrected chi connectivity index (χ4v) is 1.56. The van der Waals surface area contributed by atoms with Crippen LogP contribution in [0.25, 0.3) is 0 Å². The van der Waals surface area contributed by atoms with Gasteiger partial charge in [0.1, 0.15) is 0 Å². The second-order valence-corrected chi connectivity index (χ2v) is 4.41. The third kappa shape index (κ3) is 2.49. The Balaban J connectivity index is 2.46. The summed E-state index contributed by atoms with van der Waals surface area (Å²) in [7, 11) is -0.520. The first-order valence-corrected chi connectivity index (χ1v) is 4.30. The normalized spacial score (nSPS) is 27.3. The molecule has 1 fully saturated rings. The zero-order valence-corrected chi connectivity index (χ0v) is 7.63. The summed E-state index contributed by atoms with van der Waals surface area (Å²) >= 11 is 0. The predicted molar refractivity (Wildman–Crippen MR) is 46.3 cm³/mol. The minimum Gasteiger partial charge on any atom is -0.427 e. The predicted octanol–water partition coefficient (Wildman–Crippen LogP) is 1.55. The van der Waals surface area contributed by atoms with Crippen molar-refractivity contribution in [2.45, 2.75) is 33.5 Å². The Morgan fingerprint density at radius 2 is 2.09 bits per heavy atom. The highest BCUT2D eigenvalue weighted by atomic mass is 16.5. The molecule has 1 heterocycles. The quantitative estimate of drug-likeness (QED) is 0.539. The molecule has 11 heavy (non-hydrogen) atoms. The van der Waals surface area contributed by atoms with E-state index < -0.39 is 7.12 Å². The van der Waals surface area contributed by atoms with Crippen molar-refractivity contribution in [2.75, 3.05) is 6.61 Å². The molecule has 1 rings (SSSR count). The first-order valence-electron chi connectivity index (χ1n) is 4.30. The number of rotatable bonds is 0. The molecule has 0 bridgehead atoms. The van der Waals surface area contributed by atoms with Crippen LogP contribution in [-0.4, -0.2) is 18.7 Å². The van der Waals surface area contributed by atoms with E-state index in [4.69, 9.17) is 4.65 Å². The molecular weight excluding hydrogens is 139 g/mol. The molecule has 1 saturated heterocycles. The summed E-state index contributed by atoms with van der Waals surface area (Å²) in [5.41, 5.74) is 0.310. The van der Waals surface area contributed by atoms with E-state index in [9.17, 15) is 5.02 Å². The van der Waals surface area contributed by atoms with Gasteiger partial charge >= 0.3 is 7.12 Å². The van der Waals surface area contributed by atoms with Crippen LogP contribution in [0, 0.1) is 11.3 Å². The highest BCUT2D eigenvalue weighted by Crippen LogP contribution is 2.34. The molecule has 3 heteroatoms. The molecule has 1 aliphatic rings. The highest BCUT2D eigenvalue weighted by Gasteiger charge is 2.32. The lowest BCUT2D eigenvalue weighted by molar-refractivity contribution is 0.138. The van der Waals surface area contributed by atoms with Crippen LogP contribution in [0.15, 0.2) is 0 Å². The Hall–Kier alpha value is -0.0151. The Morgan fingerprint density at radius 3 is 2.45 bits per heavy atom. The minimum atomic E-state index is -0.520. The second-order valence-electron chi connectivity index (χ2n) is 4.41. The fraction of sp³-hybridized carbons (Fsp3) is 1.00. The van der Waals surface area contributed by atoms with E-state index in [1.54, 1.807) is 0 Å². The van der Waals surface area contributed by atoms with E-state index in [1.165, 1.54) is 0 Å². The lowest BCUT2D eigenvalue weighted by Crippen LogP contribution is -2.34. The standard InChI is InChI=1S/C8H17BO2/c1-8(2,3)7-4-5-11-9(10)6-7/h7,10H,4-6H2,1-3H3. The van der Waals surface area contributed by atoms with E-state index in [1.807, 2.05) is 0 Å². The molecule has 0 saturated carbocycles. The topological polar surface area (TPSA) is 29.5 Å². The van der Waals surface area contributed by atoms with Crippen LogP contribution in [0.1, 0.15) is 27.2 Å². The van der Waals surface area contributed by atoms with Crippen LogP contribution in [0.4, 0.5) is 0 Å². The lowest BCUT2D eigenvalue weighted by Gasteiger charge is -2.34. The first-order chi connectivity index (χ1) is 5.00. The summed E-state index contributed by atoms with van der Waals surface area (Å²) in [4.78, 5) is 0. The zero-order valence-electron chi connectivity index (χ0n) is 7.63. The molecule has 0 aromatic carbocycles. The fourth-order valence-electron chi connectivity index (χ4n) is 1.56. The molecule has 1 aliphatic heterocycles. The minimum absolute atomic E-state index is 0.310. The maximum Gasteiger partial charge on any atom is 0.454 e. The molecule has 0 aliphatic carbocycles. The van der Waals surface area contributed by atoms with Gasteiger partial charge in [-0.25, -0.2) is 0 Å². The van der Waals surface area contributed by atoms with E-state index in [0.29, 0.717) is 17.9 Å². The van der Waals surface area contributed by atoms with Crippen molar-refractivity contribution in [1.82, 2.24) is 0 Å². The van der Waals surface area contributed by atoms with E-state index in [-0.39, 0.29) is 0 Å². The van der Waals surface area contributed by atoms with Crippen LogP contribution in [-0.2, 0) is 4.65 Å². The van der Waals surface area contributed by atoms with Crippen molar-refractivity contribution in [3.8, 4) is 0 Å². The maximum absolute atomic E-state index is 9.22. The van der Waals surface area contributed by atoms with E-state index in [0.717, 1.165) is 12.7 Å². The Morgan fingerprint density at radius 1 is 1.45 bits per heavy atom. The number of hydrogen-bond donors (Lipinski definition) is 1. The van der Waals surface area contributed by atoms with Crippen molar-refractivity contribution >= 4 is 7.12 Å². The van der Waals surface area contributed by atoms with Gasteiger partial charge in [0.15, 0.2) is 0 Å². The van der Waals surface area contributed by atoms with Gasteiger partial charge in [0.05, 0.1) is 0 Å². The smallest absolute Gasteiger partial charge is 0.427 e. The van der Waals surface area contributed by atoms with Crippen molar-refractivity contribution in [3.05, 3.63) is 0 Å². The average molecular weight is 156 g/mol. The monoisotopic (exact) mass is 156 g/mol. The van der Waals surface area contributed by atoms with Crippen LogP contribution in [0.5, 0.6) is 0 Å². The van der Waals surface area contributed by atoms with Gasteiger partial charge in [0, 0.05) is 6.61 Å².